The van der Waals surface area contributed by atoms with E-state index >= 15 is 0 Å². The highest BCUT2D eigenvalue weighted by Crippen LogP contribution is 2.39. The van der Waals surface area contributed by atoms with Gasteiger partial charge in [-0.25, -0.2) is 0 Å². The lowest BCUT2D eigenvalue weighted by atomic mass is 9.99. The Balaban J connectivity index is 1.64. The molecule has 0 unspecified atom stereocenters. The molecule has 2 aliphatic heterocycles. The quantitative estimate of drug-likeness (QED) is 0.0248. The lowest BCUT2D eigenvalue weighted by Gasteiger charge is -2.43. The Kier molecular flexibility index (Phi) is 47.6. The lowest BCUT2D eigenvalue weighted by Crippen LogP contribution is -2.63. The smallest absolute Gasteiger partial charge is 0.306 e. The summed E-state index contributed by atoms with van der Waals surface area (Å²) in [6.45, 7) is 2.42. The molecule has 0 aromatic carbocycles. The molecule has 2 fully saturated rings. The van der Waals surface area contributed by atoms with Crippen molar-refractivity contribution in [2.75, 3.05) is 19.8 Å². The molecule has 2 rings (SSSR count). The number of hydrogen-bond acceptors (Lipinski definition) is 13. The van der Waals surface area contributed by atoms with Crippen molar-refractivity contribution in [3.8, 4) is 0 Å². The minimum absolute atomic E-state index is 0.0434. The van der Waals surface area contributed by atoms with Crippen LogP contribution in [-0.4, -0.2) is 117 Å². The average molecular weight is 1130 g/mol. The Morgan fingerprint density at radius 2 is 0.658 bits per heavy atom. The third-order valence-electron chi connectivity index (χ3n) is 17.0. The van der Waals surface area contributed by atoms with E-state index in [4.69, 9.17) is 23.7 Å². The molecule has 0 aromatic rings. The minimum atomic E-state index is -2.27. The molecule has 0 aliphatic carbocycles. The summed E-state index contributed by atoms with van der Waals surface area (Å²) in [7, 11) is 0. The highest BCUT2D eigenvalue weighted by atomic mass is 16.8. The first-order chi connectivity index (χ1) is 38.6. The fourth-order valence-corrected chi connectivity index (χ4v) is 11.7. The van der Waals surface area contributed by atoms with Crippen LogP contribution < -0.4 is 0 Å². The van der Waals surface area contributed by atoms with E-state index in [-0.39, 0.29) is 12.8 Å². The third kappa shape index (κ3) is 36.1. The van der Waals surface area contributed by atoms with E-state index in [1.54, 1.807) is 0 Å². The second kappa shape index (κ2) is 51.0. The number of rotatable bonds is 57. The summed E-state index contributed by atoms with van der Waals surface area (Å²) in [5.41, 5.74) is 0. The summed E-state index contributed by atoms with van der Waals surface area (Å²) in [5.74, 6) is -3.51. The normalized spacial score (nSPS) is 23.2. The van der Waals surface area contributed by atoms with E-state index in [1.165, 1.54) is 250 Å². The van der Waals surface area contributed by atoms with Gasteiger partial charge in [0.2, 0.25) is 5.79 Å². The van der Waals surface area contributed by atoms with Gasteiger partial charge in [-0.15, -0.1) is 0 Å². The molecule has 79 heavy (non-hydrogen) atoms. The largest absolute Gasteiger partial charge is 0.460 e. The molecule has 13 nitrogen and oxygen atoms in total. The van der Waals surface area contributed by atoms with Crippen LogP contribution in [0.4, 0.5) is 0 Å². The van der Waals surface area contributed by atoms with Crippen LogP contribution in [0.3, 0.4) is 0 Å². The monoisotopic (exact) mass is 1130 g/mol. The van der Waals surface area contributed by atoms with Gasteiger partial charge in [0.15, 0.2) is 12.4 Å². The molecule has 0 radical (unpaired) electrons. The molecule has 0 amide bonds. The van der Waals surface area contributed by atoms with Crippen LogP contribution in [0.15, 0.2) is 0 Å². The molecule has 6 N–H and O–H groups in total. The molecule has 468 valence electrons. The predicted octanol–water partition coefficient (Wildman–Crippen LogP) is 15.3. The maximum Gasteiger partial charge on any atom is 0.306 e. The highest BCUT2D eigenvalue weighted by Gasteiger charge is 2.62. The molecule has 2 saturated heterocycles. The topological polar surface area (TPSA) is 202 Å². The molecule has 13 heteroatoms. The highest BCUT2D eigenvalue weighted by molar-refractivity contribution is 5.70. The zero-order chi connectivity index (χ0) is 57.3. The second-order valence-corrected chi connectivity index (χ2v) is 24.3. The van der Waals surface area contributed by atoms with Crippen LogP contribution in [0.25, 0.3) is 0 Å². The van der Waals surface area contributed by atoms with Gasteiger partial charge in [0, 0.05) is 12.8 Å². The predicted molar refractivity (Wildman–Crippen MR) is 319 cm³/mol. The van der Waals surface area contributed by atoms with Crippen molar-refractivity contribution in [3.05, 3.63) is 0 Å². The van der Waals surface area contributed by atoms with Gasteiger partial charge in [0.05, 0.1) is 13.2 Å². The van der Waals surface area contributed by atoms with Gasteiger partial charge < -0.3 is 54.3 Å². The van der Waals surface area contributed by atoms with Crippen molar-refractivity contribution in [3.63, 3.8) is 0 Å². The number of aliphatic hydroxyl groups excluding tert-OH is 6. The van der Waals surface area contributed by atoms with Crippen LogP contribution in [-0.2, 0) is 33.3 Å². The number of esters is 2. The zero-order valence-electron chi connectivity index (χ0n) is 51.1. The first-order valence-electron chi connectivity index (χ1n) is 33.9. The Labute approximate surface area is 483 Å². The van der Waals surface area contributed by atoms with Crippen molar-refractivity contribution in [1.82, 2.24) is 0 Å². The number of unbranched alkanes of at least 4 members (excludes halogenated alkanes) is 46. The van der Waals surface area contributed by atoms with Crippen molar-refractivity contribution in [2.45, 2.75) is 390 Å². The molecular formula is C66H126O13. The number of hydrogen-bond donors (Lipinski definition) is 6. The number of aliphatic hydroxyl groups is 6. The summed E-state index contributed by atoms with van der Waals surface area (Å²) in [6, 6.07) is 0. The standard InChI is InChI=1S/C66H126O13/c1-3-5-7-9-11-13-15-17-19-21-23-25-27-29-31-33-35-37-39-41-43-45-47-49-51-58(69)75-55-66(79-65-63(74)62(73)60(71)56(53-67)76-65)64(61(72)57(54-68)78-66)77-59(70)52-50-48-46-44-42-40-38-36-34-32-30-28-26-24-22-20-18-16-14-12-10-8-6-4-2/h56-57,60-65,67-68,71-74H,3-55H2,1-2H3/t56-,57-,60-,61-,62+,63-,64+,65-,66+/m1/s1. The molecule has 9 atom stereocenters. The Morgan fingerprint density at radius 1 is 0.367 bits per heavy atom. The molecule has 2 heterocycles. The maximum absolute atomic E-state index is 13.4. The minimum Gasteiger partial charge on any atom is -0.460 e. The summed E-state index contributed by atoms with van der Waals surface area (Å²) in [4.78, 5) is 26.5. The van der Waals surface area contributed by atoms with Gasteiger partial charge in [-0.3, -0.25) is 9.59 Å². The van der Waals surface area contributed by atoms with Gasteiger partial charge >= 0.3 is 11.9 Å². The van der Waals surface area contributed by atoms with Crippen LogP contribution in [0, 0.1) is 0 Å². The van der Waals surface area contributed by atoms with Gasteiger partial charge in [-0.05, 0) is 12.8 Å². The Hall–Kier alpha value is -1.42. The van der Waals surface area contributed by atoms with E-state index in [2.05, 4.69) is 13.8 Å². The maximum atomic E-state index is 13.4. The molecule has 2 aliphatic rings. The summed E-state index contributed by atoms with van der Waals surface area (Å²) < 4.78 is 29.2. The fourth-order valence-electron chi connectivity index (χ4n) is 11.7. The fraction of sp³-hybridized carbons (Fsp3) is 0.970. The van der Waals surface area contributed by atoms with Crippen molar-refractivity contribution < 1.29 is 63.9 Å². The van der Waals surface area contributed by atoms with E-state index < -0.39 is 86.6 Å². The van der Waals surface area contributed by atoms with Crippen molar-refractivity contribution in [2.24, 2.45) is 0 Å². The average Bonchev–Trinajstić information content (AvgIpc) is 3.94. The van der Waals surface area contributed by atoms with Crippen LogP contribution in [0.1, 0.15) is 335 Å². The first kappa shape index (κ1) is 73.7. The zero-order valence-corrected chi connectivity index (χ0v) is 51.1. The second-order valence-electron chi connectivity index (χ2n) is 24.3. The summed E-state index contributed by atoms with van der Waals surface area (Å²) in [6.07, 6.45) is 48.4. The van der Waals surface area contributed by atoms with Gasteiger partial charge in [-0.2, -0.15) is 0 Å². The van der Waals surface area contributed by atoms with Crippen molar-refractivity contribution >= 4 is 11.9 Å². The molecule has 0 saturated carbocycles. The molecule has 0 aromatic heterocycles. The van der Waals surface area contributed by atoms with Gasteiger partial charge in [0.1, 0.15) is 43.2 Å². The van der Waals surface area contributed by atoms with Gasteiger partial charge in [0.25, 0.3) is 0 Å². The number of carbonyl (C=O) groups is 2. The first-order valence-corrected chi connectivity index (χ1v) is 33.9. The van der Waals surface area contributed by atoms with Crippen molar-refractivity contribution in [1.29, 1.82) is 0 Å². The Bertz CT molecular complexity index is 1370. The third-order valence-corrected chi connectivity index (χ3v) is 17.0. The van der Waals surface area contributed by atoms with Gasteiger partial charge in [-0.1, -0.05) is 309 Å². The van der Waals surface area contributed by atoms with E-state index in [9.17, 15) is 40.2 Å². The van der Waals surface area contributed by atoms with Crippen LogP contribution >= 0.6 is 0 Å². The lowest BCUT2D eigenvalue weighted by molar-refractivity contribution is -0.384. The van der Waals surface area contributed by atoms with Crippen LogP contribution in [0.2, 0.25) is 0 Å². The molecular weight excluding hydrogens is 1000 g/mol. The van der Waals surface area contributed by atoms with E-state index in [0.717, 1.165) is 44.9 Å². The van der Waals surface area contributed by atoms with E-state index in [1.807, 2.05) is 0 Å². The van der Waals surface area contributed by atoms with Crippen LogP contribution in [0.5, 0.6) is 0 Å². The molecule has 0 spiro atoms. The van der Waals surface area contributed by atoms with E-state index in [0.29, 0.717) is 12.8 Å². The number of ether oxygens (including phenoxy) is 5. The Morgan fingerprint density at radius 3 is 0.962 bits per heavy atom. The summed E-state index contributed by atoms with van der Waals surface area (Å²) >= 11 is 0. The SMILES string of the molecule is CCCCCCCCCCCCCCCCCCCCCCCCCCC(=O)OC[C@@]1(O[C@H]2O[C@H](CO)[C@@H](O)[C@H](O)[C@H]2O)O[C@H](CO)[C@@H](O)[C@@H]1OC(=O)CCCCCCCCCCCCCCCCCCCCCCCCCC. The summed E-state index contributed by atoms with van der Waals surface area (Å²) in [5, 5.41) is 63.2. The molecule has 0 bridgehead atoms. The number of carbonyl (C=O) groups excluding carboxylic acids is 2.